The van der Waals surface area contributed by atoms with Crippen LogP contribution < -0.4 is 5.56 Å². The number of aromatic amines is 1. The average Bonchev–Trinajstić information content (AvgIpc) is 2.53. The van der Waals surface area contributed by atoms with Gasteiger partial charge in [-0.15, -0.1) is 0 Å². The van der Waals surface area contributed by atoms with Crippen LogP contribution in [0.3, 0.4) is 0 Å². The molecule has 0 fully saturated rings. The standard InChI is InChI=1S/C8H7N3O/c12-8-4-6-10-11(8)7-3-1-2-5-9-7/h1-6,10H. The molecule has 0 spiro atoms. The molecule has 0 aliphatic heterocycles. The van der Waals surface area contributed by atoms with Gasteiger partial charge in [-0.1, -0.05) is 6.07 Å². The van der Waals surface area contributed by atoms with Gasteiger partial charge in [0.2, 0.25) is 0 Å². The van der Waals surface area contributed by atoms with Crippen LogP contribution in [0.25, 0.3) is 5.82 Å². The van der Waals surface area contributed by atoms with E-state index < -0.39 is 0 Å². The highest BCUT2D eigenvalue weighted by Crippen LogP contribution is 1.95. The van der Waals surface area contributed by atoms with Gasteiger partial charge >= 0.3 is 0 Å². The minimum Gasteiger partial charge on any atom is -0.297 e. The maximum absolute atomic E-state index is 11.1. The van der Waals surface area contributed by atoms with E-state index in [2.05, 4.69) is 10.1 Å². The van der Waals surface area contributed by atoms with Gasteiger partial charge in [-0.05, 0) is 12.1 Å². The average molecular weight is 161 g/mol. The molecule has 0 saturated carbocycles. The molecule has 2 rings (SSSR count). The zero-order valence-electron chi connectivity index (χ0n) is 6.27. The maximum Gasteiger partial charge on any atom is 0.272 e. The van der Waals surface area contributed by atoms with E-state index in [-0.39, 0.29) is 5.56 Å². The molecule has 0 radical (unpaired) electrons. The summed E-state index contributed by atoms with van der Waals surface area (Å²) in [5.74, 6) is 0.604. The normalized spacial score (nSPS) is 10.0. The van der Waals surface area contributed by atoms with Crippen LogP contribution in [0.4, 0.5) is 0 Å². The van der Waals surface area contributed by atoms with Gasteiger partial charge in [-0.2, -0.15) is 0 Å². The van der Waals surface area contributed by atoms with E-state index in [9.17, 15) is 4.79 Å². The lowest BCUT2D eigenvalue weighted by molar-refractivity contribution is 0.819. The van der Waals surface area contributed by atoms with Crippen molar-refractivity contribution < 1.29 is 0 Å². The van der Waals surface area contributed by atoms with Crippen LogP contribution in [0.15, 0.2) is 41.5 Å². The predicted octanol–water partition coefficient (Wildman–Crippen LogP) is 0.561. The molecule has 0 aliphatic carbocycles. The summed E-state index contributed by atoms with van der Waals surface area (Å²) < 4.78 is 1.37. The Hall–Kier alpha value is -1.84. The lowest BCUT2D eigenvalue weighted by atomic mass is 10.5. The first-order valence-corrected chi connectivity index (χ1v) is 3.56. The largest absolute Gasteiger partial charge is 0.297 e. The molecule has 2 heterocycles. The second-order valence-electron chi connectivity index (χ2n) is 2.32. The van der Waals surface area contributed by atoms with Gasteiger partial charge < -0.3 is 0 Å². The minimum atomic E-state index is -0.103. The molecule has 0 aromatic carbocycles. The minimum absolute atomic E-state index is 0.103. The van der Waals surface area contributed by atoms with E-state index in [1.54, 1.807) is 24.5 Å². The van der Waals surface area contributed by atoms with Crippen molar-refractivity contribution in [2.75, 3.05) is 0 Å². The Balaban J connectivity index is 2.59. The topological polar surface area (TPSA) is 50.7 Å². The van der Waals surface area contributed by atoms with Crippen molar-refractivity contribution in [3.63, 3.8) is 0 Å². The first kappa shape index (κ1) is 6.84. The highest BCUT2D eigenvalue weighted by molar-refractivity contribution is 5.19. The summed E-state index contributed by atoms with van der Waals surface area (Å²) >= 11 is 0. The summed E-state index contributed by atoms with van der Waals surface area (Å²) in [6, 6.07) is 6.85. The third-order valence-electron chi connectivity index (χ3n) is 1.53. The molecule has 12 heavy (non-hydrogen) atoms. The van der Waals surface area contributed by atoms with Crippen molar-refractivity contribution in [2.45, 2.75) is 0 Å². The van der Waals surface area contributed by atoms with Gasteiger partial charge in [0.05, 0.1) is 0 Å². The monoisotopic (exact) mass is 161 g/mol. The van der Waals surface area contributed by atoms with Gasteiger partial charge in [0.25, 0.3) is 5.56 Å². The van der Waals surface area contributed by atoms with Crippen molar-refractivity contribution in [2.24, 2.45) is 0 Å². The first-order chi connectivity index (χ1) is 5.88. The van der Waals surface area contributed by atoms with Gasteiger partial charge in [0.15, 0.2) is 5.82 Å². The molecule has 4 heteroatoms. The lowest BCUT2D eigenvalue weighted by Gasteiger charge is -1.97. The SMILES string of the molecule is O=c1cc[nH]n1-c1ccccn1. The zero-order chi connectivity index (χ0) is 8.39. The molecular weight excluding hydrogens is 154 g/mol. The summed E-state index contributed by atoms with van der Waals surface area (Å²) in [5, 5.41) is 2.76. The van der Waals surface area contributed by atoms with Crippen LogP contribution in [0.5, 0.6) is 0 Å². The summed E-state index contributed by atoms with van der Waals surface area (Å²) in [6.07, 6.45) is 3.22. The van der Waals surface area contributed by atoms with Crippen LogP contribution >= 0.6 is 0 Å². The summed E-state index contributed by atoms with van der Waals surface area (Å²) in [4.78, 5) is 15.1. The third kappa shape index (κ3) is 1.03. The Morgan fingerprint density at radius 1 is 1.33 bits per heavy atom. The van der Waals surface area contributed by atoms with Gasteiger partial charge in [-0.3, -0.25) is 9.89 Å². The smallest absolute Gasteiger partial charge is 0.272 e. The highest BCUT2D eigenvalue weighted by Gasteiger charge is 1.97. The van der Waals surface area contributed by atoms with Crippen molar-refractivity contribution in [1.29, 1.82) is 0 Å². The molecule has 0 amide bonds. The Kier molecular flexibility index (Phi) is 1.51. The maximum atomic E-state index is 11.1. The van der Waals surface area contributed by atoms with Crippen molar-refractivity contribution in [3.05, 3.63) is 47.0 Å². The molecular formula is C8H7N3O. The second kappa shape index (κ2) is 2.65. The van der Waals surface area contributed by atoms with Crippen LogP contribution in [0.1, 0.15) is 0 Å². The van der Waals surface area contributed by atoms with E-state index in [0.29, 0.717) is 5.82 Å². The number of nitrogens with one attached hydrogen (secondary N) is 1. The second-order valence-corrected chi connectivity index (χ2v) is 2.32. The van der Waals surface area contributed by atoms with E-state index in [4.69, 9.17) is 0 Å². The molecule has 2 aromatic heterocycles. The molecule has 0 unspecified atom stereocenters. The fourth-order valence-electron chi connectivity index (χ4n) is 0.986. The Morgan fingerprint density at radius 2 is 2.25 bits per heavy atom. The molecule has 0 atom stereocenters. The number of rotatable bonds is 1. The van der Waals surface area contributed by atoms with Crippen LogP contribution in [-0.2, 0) is 0 Å². The van der Waals surface area contributed by atoms with E-state index in [1.807, 2.05) is 6.07 Å². The van der Waals surface area contributed by atoms with Crippen molar-refractivity contribution >= 4 is 0 Å². The van der Waals surface area contributed by atoms with Crippen molar-refractivity contribution in [3.8, 4) is 5.82 Å². The van der Waals surface area contributed by atoms with Gasteiger partial charge in [0.1, 0.15) is 0 Å². The summed E-state index contributed by atoms with van der Waals surface area (Å²) in [6.45, 7) is 0. The molecule has 0 aliphatic rings. The van der Waals surface area contributed by atoms with Gasteiger partial charge in [-0.25, -0.2) is 9.67 Å². The Labute approximate surface area is 68.5 Å². The van der Waals surface area contributed by atoms with Crippen LogP contribution in [0, 0.1) is 0 Å². The number of hydrogen-bond acceptors (Lipinski definition) is 2. The molecule has 2 aromatic rings. The summed E-state index contributed by atoms with van der Waals surface area (Å²) in [7, 11) is 0. The Bertz CT molecular complexity index is 415. The fourth-order valence-corrected chi connectivity index (χ4v) is 0.986. The van der Waals surface area contributed by atoms with Crippen molar-refractivity contribution in [1.82, 2.24) is 14.8 Å². The number of nitrogens with zero attached hydrogens (tertiary/aromatic N) is 2. The number of hydrogen-bond donors (Lipinski definition) is 1. The van der Waals surface area contributed by atoms with E-state index >= 15 is 0 Å². The number of pyridine rings is 1. The molecule has 0 saturated heterocycles. The lowest BCUT2D eigenvalue weighted by Crippen LogP contribution is -2.14. The molecule has 1 N–H and O–H groups in total. The van der Waals surface area contributed by atoms with Gasteiger partial charge in [0, 0.05) is 18.5 Å². The van der Waals surface area contributed by atoms with E-state index in [1.165, 1.54) is 10.7 Å². The highest BCUT2D eigenvalue weighted by atomic mass is 16.1. The quantitative estimate of drug-likeness (QED) is 0.664. The number of H-pyrrole nitrogens is 1. The van der Waals surface area contributed by atoms with Crippen LogP contribution in [0.2, 0.25) is 0 Å². The fraction of sp³-hybridized carbons (Fsp3) is 0. The van der Waals surface area contributed by atoms with Crippen LogP contribution in [-0.4, -0.2) is 14.8 Å². The Morgan fingerprint density at radius 3 is 2.83 bits per heavy atom. The van der Waals surface area contributed by atoms with E-state index in [0.717, 1.165) is 0 Å². The first-order valence-electron chi connectivity index (χ1n) is 3.56. The molecule has 60 valence electrons. The third-order valence-corrected chi connectivity index (χ3v) is 1.53. The molecule has 0 bridgehead atoms. The number of aromatic nitrogens is 3. The summed E-state index contributed by atoms with van der Waals surface area (Å²) in [5.41, 5.74) is -0.103. The predicted molar refractivity (Wildman–Crippen MR) is 44.2 cm³/mol. The molecule has 4 nitrogen and oxygen atoms in total. The zero-order valence-corrected chi connectivity index (χ0v) is 6.27.